The van der Waals surface area contributed by atoms with E-state index in [-0.39, 0.29) is 32.0 Å². The highest BCUT2D eigenvalue weighted by Crippen LogP contribution is 2.38. The van der Waals surface area contributed by atoms with Gasteiger partial charge >= 0.3 is 11.9 Å². The highest BCUT2D eigenvalue weighted by atomic mass is 31.2. The second-order valence-electron chi connectivity index (χ2n) is 25.6. The minimum Gasteiger partial charge on any atom is -0.756 e. The molecule has 0 aliphatic rings. The molecule has 0 aromatic rings. The Morgan fingerprint density at radius 2 is 0.648 bits per heavy atom. The Morgan fingerprint density at radius 1 is 0.364 bits per heavy atom. The number of hydrogen-bond donors (Lipinski definition) is 0. The minimum absolute atomic E-state index is 0.0336. The normalized spacial score (nSPS) is 13.8. The van der Waals surface area contributed by atoms with E-state index in [9.17, 15) is 19.0 Å². The summed E-state index contributed by atoms with van der Waals surface area (Å²) in [4.78, 5) is 38.1. The third kappa shape index (κ3) is 71.7. The van der Waals surface area contributed by atoms with Gasteiger partial charge in [-0.25, -0.2) is 0 Å². The van der Waals surface area contributed by atoms with E-state index in [1.165, 1.54) is 193 Å². The lowest BCUT2D eigenvalue weighted by atomic mass is 10.0. The fourth-order valence-corrected chi connectivity index (χ4v) is 10.9. The molecule has 2 atom stereocenters. The smallest absolute Gasteiger partial charge is 0.306 e. The number of phosphoric ester groups is 1. The summed E-state index contributed by atoms with van der Waals surface area (Å²) < 4.78 is 34.3. The molecule has 0 aromatic carbocycles. The number of carbonyl (C=O) groups is 2. The first-order chi connectivity index (χ1) is 43.0. The molecular weight excluding hydrogens is 1110 g/mol. The summed E-state index contributed by atoms with van der Waals surface area (Å²) in [5.41, 5.74) is 0. The van der Waals surface area contributed by atoms with Crippen LogP contribution in [0, 0.1) is 0 Å². The largest absolute Gasteiger partial charge is 0.756 e. The molecule has 10 heteroatoms. The van der Waals surface area contributed by atoms with E-state index >= 15 is 0 Å². The number of nitrogens with zero attached hydrogens (tertiary/aromatic N) is 1. The van der Waals surface area contributed by atoms with Gasteiger partial charge in [-0.3, -0.25) is 14.2 Å². The number of phosphoric acid groups is 1. The van der Waals surface area contributed by atoms with E-state index in [0.29, 0.717) is 17.4 Å². The van der Waals surface area contributed by atoms with Crippen LogP contribution in [0.5, 0.6) is 0 Å². The average molecular weight is 1250 g/mol. The van der Waals surface area contributed by atoms with Crippen molar-refractivity contribution in [3.8, 4) is 0 Å². The number of ether oxygens (including phenoxy) is 2. The van der Waals surface area contributed by atoms with Crippen molar-refractivity contribution in [2.45, 2.75) is 328 Å². The van der Waals surface area contributed by atoms with Crippen LogP contribution in [0.25, 0.3) is 0 Å². The molecule has 0 N–H and O–H groups in total. The number of hydrogen-bond acceptors (Lipinski definition) is 8. The molecule has 0 bridgehead atoms. The van der Waals surface area contributed by atoms with E-state index in [1.807, 2.05) is 21.1 Å². The van der Waals surface area contributed by atoms with E-state index < -0.39 is 26.5 Å². The Labute approximate surface area is 544 Å². The molecule has 0 radical (unpaired) electrons. The van der Waals surface area contributed by atoms with Crippen molar-refractivity contribution >= 4 is 19.8 Å². The molecule has 0 amide bonds. The van der Waals surface area contributed by atoms with E-state index in [1.54, 1.807) is 0 Å². The van der Waals surface area contributed by atoms with Gasteiger partial charge in [0, 0.05) is 12.8 Å². The van der Waals surface area contributed by atoms with Crippen LogP contribution in [0.4, 0.5) is 0 Å². The van der Waals surface area contributed by atoms with Gasteiger partial charge in [0.2, 0.25) is 0 Å². The van der Waals surface area contributed by atoms with Gasteiger partial charge in [-0.1, -0.05) is 316 Å². The fourth-order valence-electron chi connectivity index (χ4n) is 10.2. The van der Waals surface area contributed by atoms with Crippen molar-refractivity contribution in [3.05, 3.63) is 109 Å². The van der Waals surface area contributed by atoms with Crippen LogP contribution in [0.1, 0.15) is 322 Å². The summed E-state index contributed by atoms with van der Waals surface area (Å²) in [6.07, 6.45) is 96.1. The van der Waals surface area contributed by atoms with Crippen LogP contribution in [0.2, 0.25) is 0 Å². The number of allylic oxidation sites excluding steroid dienone is 18. The Balaban J connectivity index is 3.99. The lowest BCUT2D eigenvalue weighted by molar-refractivity contribution is -0.870. The molecule has 2 unspecified atom stereocenters. The Morgan fingerprint density at radius 3 is 0.966 bits per heavy atom. The molecule has 0 saturated heterocycles. The highest BCUT2D eigenvalue weighted by molar-refractivity contribution is 7.45. The molecule has 0 aliphatic carbocycles. The first kappa shape index (κ1) is 84.7. The topological polar surface area (TPSA) is 111 Å². The summed E-state index contributed by atoms with van der Waals surface area (Å²) in [7, 11) is 1.17. The van der Waals surface area contributed by atoms with Gasteiger partial charge in [-0.05, 0) is 103 Å². The zero-order valence-corrected chi connectivity index (χ0v) is 58.8. The summed E-state index contributed by atoms with van der Waals surface area (Å²) in [6, 6.07) is 0. The number of rotatable bonds is 67. The minimum atomic E-state index is -4.65. The van der Waals surface area contributed by atoms with Crippen molar-refractivity contribution < 1.29 is 42.1 Å². The van der Waals surface area contributed by atoms with Crippen LogP contribution in [-0.2, 0) is 32.7 Å². The molecule has 0 heterocycles. The third-order valence-corrected chi connectivity index (χ3v) is 16.7. The van der Waals surface area contributed by atoms with E-state index in [0.717, 1.165) is 96.3 Å². The van der Waals surface area contributed by atoms with Crippen molar-refractivity contribution in [2.24, 2.45) is 0 Å². The maximum atomic E-state index is 12.9. The van der Waals surface area contributed by atoms with Crippen LogP contribution in [-0.4, -0.2) is 70.0 Å². The molecule has 508 valence electrons. The van der Waals surface area contributed by atoms with Gasteiger partial charge in [0.25, 0.3) is 7.82 Å². The zero-order valence-electron chi connectivity index (χ0n) is 57.9. The van der Waals surface area contributed by atoms with Crippen LogP contribution in [0.15, 0.2) is 109 Å². The van der Waals surface area contributed by atoms with E-state index in [4.69, 9.17) is 18.5 Å². The summed E-state index contributed by atoms with van der Waals surface area (Å²) in [6.45, 7) is 4.14. The lowest BCUT2D eigenvalue weighted by Gasteiger charge is -2.28. The van der Waals surface area contributed by atoms with Crippen molar-refractivity contribution in [3.63, 3.8) is 0 Å². The fraction of sp³-hybridized carbons (Fsp3) is 0.744. The molecular formula is C78H138NO8P. The second kappa shape index (κ2) is 68.0. The summed E-state index contributed by atoms with van der Waals surface area (Å²) in [5, 5.41) is 0. The molecule has 88 heavy (non-hydrogen) atoms. The number of unbranched alkanes of at least 4 members (excludes halogenated alkanes) is 35. The molecule has 0 fully saturated rings. The Bertz CT molecular complexity index is 1850. The first-order valence-electron chi connectivity index (χ1n) is 36.6. The number of likely N-dealkylation sites (N-methyl/N-ethyl adjacent to an activating group) is 1. The summed E-state index contributed by atoms with van der Waals surface area (Å²) >= 11 is 0. The highest BCUT2D eigenvalue weighted by Gasteiger charge is 2.22. The zero-order chi connectivity index (χ0) is 64.1. The molecule has 0 saturated carbocycles. The van der Waals surface area contributed by atoms with Crippen molar-refractivity contribution in [2.75, 3.05) is 47.5 Å². The second-order valence-corrected chi connectivity index (χ2v) is 27.0. The summed E-state index contributed by atoms with van der Waals surface area (Å²) in [5.74, 6) is -0.829. The van der Waals surface area contributed by atoms with E-state index in [2.05, 4.69) is 123 Å². The monoisotopic (exact) mass is 1250 g/mol. The van der Waals surface area contributed by atoms with Gasteiger partial charge in [0.05, 0.1) is 27.7 Å². The molecule has 0 aromatic heterocycles. The molecule has 9 nitrogen and oxygen atoms in total. The number of esters is 2. The molecule has 0 spiro atoms. The molecule has 0 rings (SSSR count). The predicted molar refractivity (Wildman–Crippen MR) is 378 cm³/mol. The first-order valence-corrected chi connectivity index (χ1v) is 38.1. The maximum Gasteiger partial charge on any atom is 0.306 e. The van der Waals surface area contributed by atoms with Gasteiger partial charge < -0.3 is 27.9 Å². The van der Waals surface area contributed by atoms with Gasteiger partial charge in [0.1, 0.15) is 19.8 Å². The van der Waals surface area contributed by atoms with Gasteiger partial charge in [0.15, 0.2) is 6.10 Å². The predicted octanol–water partition coefficient (Wildman–Crippen LogP) is 23.4. The van der Waals surface area contributed by atoms with Crippen LogP contribution in [0.3, 0.4) is 0 Å². The van der Waals surface area contributed by atoms with Gasteiger partial charge in [-0.15, -0.1) is 0 Å². The standard InChI is InChI=1S/C78H138NO8P/c1-6-8-10-12-14-16-18-20-22-24-26-28-30-32-33-34-35-36-37-38-39-40-41-42-43-44-45-47-49-51-53-55-57-59-61-63-65-67-69-71-78(81)87-76(75-86-88(82,83)85-73-72-79(3,4)5)74-84-77(80)70-68-66-64-62-60-58-56-54-52-50-48-46-31-29-27-25-23-21-19-17-15-13-11-9-7-2/h8,10,14,16,19-22,25-28,31-33,35-36,46,76H,6-7,9,11-13,15,17-18,23-24,29-30,34,37-45,47-75H2,1-5H3/b10-8-,16-14-,21-19-,22-20-,27-25-,28-26-,33-32-,36-35-,46-31-. The third-order valence-electron chi connectivity index (χ3n) is 15.8. The van der Waals surface area contributed by atoms with Gasteiger partial charge in [-0.2, -0.15) is 0 Å². The Kier molecular flexibility index (Phi) is 65.5. The van der Waals surface area contributed by atoms with Crippen molar-refractivity contribution in [1.29, 1.82) is 0 Å². The maximum absolute atomic E-state index is 12.9. The average Bonchev–Trinajstić information content (AvgIpc) is 3.68. The Hall–Kier alpha value is -3.33. The molecule has 0 aliphatic heterocycles. The van der Waals surface area contributed by atoms with Crippen molar-refractivity contribution in [1.82, 2.24) is 0 Å². The number of quaternary nitrogens is 1. The SMILES string of the molecule is CC/C=C\C/C=C\C/C=C\C/C=C\C/C=C\C/C=C\CCCCCCCCCCCCCCCCCCCCCCC(=O)OC(COC(=O)CCCCCCCCCCCC/C=C\C/C=C\C/C=C\CCCCCCC)COP(=O)([O-])OCC[N+](C)(C)C. The van der Waals surface area contributed by atoms with Crippen LogP contribution < -0.4 is 4.89 Å². The lowest BCUT2D eigenvalue weighted by Crippen LogP contribution is -2.37. The quantitative estimate of drug-likeness (QED) is 0.0195. The van der Waals surface area contributed by atoms with Crippen LogP contribution >= 0.6 is 7.82 Å². The number of carbonyl (C=O) groups excluding carboxylic acids is 2.